The van der Waals surface area contributed by atoms with Crippen LogP contribution in [0, 0.1) is 10.1 Å². The minimum Gasteiger partial charge on any atom is -0.480 e. The van der Waals surface area contributed by atoms with Crippen LogP contribution >= 0.6 is 11.3 Å². The van der Waals surface area contributed by atoms with Crippen molar-refractivity contribution in [3.8, 4) is 0 Å². The number of piperidine rings is 1. The highest BCUT2D eigenvalue weighted by Gasteiger charge is 2.30. The number of carboxylic acid groups (broad SMARTS) is 1. The molecule has 1 atom stereocenters. The molecule has 2 heterocycles. The van der Waals surface area contributed by atoms with Crippen LogP contribution < -0.4 is 0 Å². The van der Waals surface area contributed by atoms with Crippen molar-refractivity contribution in [3.05, 3.63) is 27.1 Å². The van der Waals surface area contributed by atoms with Crippen LogP contribution in [0.5, 0.6) is 0 Å². The van der Waals surface area contributed by atoms with Gasteiger partial charge < -0.3 is 5.11 Å². The van der Waals surface area contributed by atoms with Crippen LogP contribution in [0.3, 0.4) is 0 Å². The van der Waals surface area contributed by atoms with E-state index in [0.717, 1.165) is 43.7 Å². The number of nitrogens with zero attached hydrogens (tertiary/aromatic N) is 2. The summed E-state index contributed by atoms with van der Waals surface area (Å²) in [7, 11) is 0. The topological polar surface area (TPSA) is 83.7 Å². The van der Waals surface area contributed by atoms with Crippen LogP contribution in [0.1, 0.15) is 30.2 Å². The van der Waals surface area contributed by atoms with Gasteiger partial charge >= 0.3 is 11.0 Å². The lowest BCUT2D eigenvalue weighted by molar-refractivity contribution is -0.380. The minimum atomic E-state index is -0.936. The Balaban J connectivity index is 2.22. The lowest BCUT2D eigenvalue weighted by Crippen LogP contribution is -2.37. The summed E-state index contributed by atoms with van der Waals surface area (Å²) in [4.78, 5) is 24.0. The van der Waals surface area contributed by atoms with Crippen LogP contribution in [-0.2, 0) is 4.79 Å². The largest absolute Gasteiger partial charge is 0.480 e. The highest BCUT2D eigenvalue weighted by Crippen LogP contribution is 2.33. The zero-order valence-electron chi connectivity index (χ0n) is 9.74. The summed E-state index contributed by atoms with van der Waals surface area (Å²) >= 11 is 0.949. The van der Waals surface area contributed by atoms with E-state index in [1.54, 1.807) is 6.07 Å². The number of carboxylic acids is 1. The summed E-state index contributed by atoms with van der Waals surface area (Å²) < 4.78 is 0. The maximum Gasteiger partial charge on any atom is 0.326 e. The molecule has 98 valence electrons. The molecule has 1 N–H and O–H groups in total. The first-order chi connectivity index (χ1) is 8.59. The zero-order valence-corrected chi connectivity index (χ0v) is 10.6. The average Bonchev–Trinajstić information content (AvgIpc) is 2.79. The Hall–Kier alpha value is -1.47. The van der Waals surface area contributed by atoms with Crippen molar-refractivity contribution in [3.63, 3.8) is 0 Å². The lowest BCUT2D eigenvalue weighted by Gasteiger charge is -2.31. The van der Waals surface area contributed by atoms with Gasteiger partial charge in [-0.25, -0.2) is 0 Å². The summed E-state index contributed by atoms with van der Waals surface area (Å²) in [5.74, 6) is -0.936. The summed E-state index contributed by atoms with van der Waals surface area (Å²) in [6, 6.07) is 2.18. The van der Waals surface area contributed by atoms with Crippen molar-refractivity contribution in [1.29, 1.82) is 0 Å². The molecule has 1 saturated heterocycles. The molecular weight excluding hydrogens is 256 g/mol. The van der Waals surface area contributed by atoms with Gasteiger partial charge in [0, 0.05) is 10.9 Å². The van der Waals surface area contributed by atoms with Crippen LogP contribution in [0.2, 0.25) is 0 Å². The van der Waals surface area contributed by atoms with E-state index >= 15 is 0 Å². The van der Waals surface area contributed by atoms with Crippen LogP contribution in [-0.4, -0.2) is 34.0 Å². The molecule has 0 radical (unpaired) electrons. The van der Waals surface area contributed by atoms with Gasteiger partial charge in [0.1, 0.15) is 6.04 Å². The summed E-state index contributed by atoms with van der Waals surface area (Å²) in [6.07, 6.45) is 3.09. The van der Waals surface area contributed by atoms with Gasteiger partial charge in [0.25, 0.3) is 0 Å². The minimum absolute atomic E-state index is 0.00624. The second-order valence-electron chi connectivity index (χ2n) is 4.27. The van der Waals surface area contributed by atoms with Crippen molar-refractivity contribution in [1.82, 2.24) is 4.90 Å². The summed E-state index contributed by atoms with van der Waals surface area (Å²) in [6.45, 7) is 1.48. The molecule has 2 rings (SSSR count). The van der Waals surface area contributed by atoms with Crippen molar-refractivity contribution in [2.45, 2.75) is 25.3 Å². The van der Waals surface area contributed by atoms with E-state index in [4.69, 9.17) is 0 Å². The molecule has 1 aliphatic rings. The Morgan fingerprint density at radius 3 is 2.56 bits per heavy atom. The molecule has 1 fully saturated rings. The molecule has 0 spiro atoms. The molecule has 0 amide bonds. The predicted octanol–water partition coefficient (Wildman–Crippen LogP) is 2.27. The number of nitro groups is 1. The number of rotatable bonds is 4. The van der Waals surface area contributed by atoms with Gasteiger partial charge in [0.05, 0.1) is 4.92 Å². The number of aliphatic carboxylic acids is 1. The van der Waals surface area contributed by atoms with E-state index in [1.807, 2.05) is 4.90 Å². The Morgan fingerprint density at radius 1 is 1.39 bits per heavy atom. The molecule has 1 unspecified atom stereocenters. The SMILES string of the molecule is O=C(O)C(c1ccc([N+](=O)[O-])s1)N1CCCCC1. The molecule has 1 aromatic heterocycles. The number of carbonyl (C=O) groups is 1. The smallest absolute Gasteiger partial charge is 0.326 e. The van der Waals surface area contributed by atoms with Crippen molar-refractivity contribution in [2.75, 3.05) is 13.1 Å². The molecule has 18 heavy (non-hydrogen) atoms. The first-order valence-electron chi connectivity index (χ1n) is 5.80. The molecular formula is C11H14N2O4S. The summed E-state index contributed by atoms with van der Waals surface area (Å²) in [5, 5.41) is 20.0. The first-order valence-corrected chi connectivity index (χ1v) is 6.62. The predicted molar refractivity (Wildman–Crippen MR) is 66.8 cm³/mol. The maximum absolute atomic E-state index is 11.4. The number of hydrogen-bond donors (Lipinski definition) is 1. The van der Waals surface area contributed by atoms with Gasteiger partial charge in [-0.05, 0) is 32.0 Å². The quantitative estimate of drug-likeness (QED) is 0.670. The second kappa shape index (κ2) is 5.45. The molecule has 1 aromatic rings. The maximum atomic E-state index is 11.4. The van der Waals surface area contributed by atoms with Crippen molar-refractivity contribution < 1.29 is 14.8 Å². The van der Waals surface area contributed by atoms with Gasteiger partial charge in [0.2, 0.25) is 0 Å². The van der Waals surface area contributed by atoms with Crippen LogP contribution in [0.15, 0.2) is 12.1 Å². The molecule has 0 aromatic carbocycles. The third-order valence-electron chi connectivity index (χ3n) is 3.05. The third-order valence-corrected chi connectivity index (χ3v) is 4.14. The van der Waals surface area contributed by atoms with Crippen molar-refractivity contribution >= 4 is 22.3 Å². The molecule has 0 aliphatic carbocycles. The fourth-order valence-corrected chi connectivity index (χ4v) is 3.17. The average molecular weight is 270 g/mol. The first kappa shape index (κ1) is 13.0. The number of likely N-dealkylation sites (tertiary alicyclic amines) is 1. The number of thiophene rings is 1. The van der Waals surface area contributed by atoms with E-state index in [0.29, 0.717) is 4.88 Å². The molecule has 0 bridgehead atoms. The van der Waals surface area contributed by atoms with Crippen molar-refractivity contribution in [2.24, 2.45) is 0 Å². The van der Waals surface area contributed by atoms with Gasteiger partial charge in [-0.1, -0.05) is 17.8 Å². The van der Waals surface area contributed by atoms with Gasteiger partial charge in [0.15, 0.2) is 0 Å². The lowest BCUT2D eigenvalue weighted by atomic mass is 10.1. The van der Waals surface area contributed by atoms with Crippen LogP contribution in [0.4, 0.5) is 5.00 Å². The van der Waals surface area contributed by atoms with Gasteiger partial charge in [-0.15, -0.1) is 0 Å². The highest BCUT2D eigenvalue weighted by molar-refractivity contribution is 7.15. The Bertz CT molecular complexity index is 454. The molecule has 7 heteroatoms. The third kappa shape index (κ3) is 2.68. The van der Waals surface area contributed by atoms with Gasteiger partial charge in [-0.3, -0.25) is 19.8 Å². The summed E-state index contributed by atoms with van der Waals surface area (Å²) in [5.41, 5.74) is 0. The zero-order chi connectivity index (χ0) is 13.1. The Kier molecular flexibility index (Phi) is 3.93. The monoisotopic (exact) mass is 270 g/mol. The van der Waals surface area contributed by atoms with E-state index in [9.17, 15) is 20.0 Å². The van der Waals surface area contributed by atoms with E-state index in [2.05, 4.69) is 0 Å². The second-order valence-corrected chi connectivity index (χ2v) is 5.36. The van der Waals surface area contributed by atoms with E-state index in [1.165, 1.54) is 6.07 Å². The fraction of sp³-hybridized carbons (Fsp3) is 0.545. The molecule has 6 nitrogen and oxygen atoms in total. The van der Waals surface area contributed by atoms with Crippen LogP contribution in [0.25, 0.3) is 0 Å². The van der Waals surface area contributed by atoms with E-state index < -0.39 is 16.9 Å². The normalized spacial score (nSPS) is 18.4. The standard InChI is InChI=1S/C11H14N2O4S/c14-11(15)10(12-6-2-1-3-7-12)8-4-5-9(18-8)13(16)17/h4-5,10H,1-3,6-7H2,(H,14,15). The molecule has 0 saturated carbocycles. The molecule has 1 aliphatic heterocycles. The van der Waals surface area contributed by atoms with Gasteiger partial charge in [-0.2, -0.15) is 0 Å². The Labute approximate surface area is 108 Å². The highest BCUT2D eigenvalue weighted by atomic mass is 32.1. The fourth-order valence-electron chi connectivity index (χ4n) is 2.22. The van der Waals surface area contributed by atoms with E-state index in [-0.39, 0.29) is 5.00 Å². The number of hydrogen-bond acceptors (Lipinski definition) is 5. The Morgan fingerprint density at radius 2 is 2.06 bits per heavy atom.